The minimum absolute atomic E-state index is 0.00492. The van der Waals surface area contributed by atoms with Crippen molar-refractivity contribution >= 4 is 5.97 Å². The summed E-state index contributed by atoms with van der Waals surface area (Å²) in [4.78, 5) is 12.0. The van der Waals surface area contributed by atoms with Gasteiger partial charge in [0.2, 0.25) is 0 Å². The second-order valence-corrected chi connectivity index (χ2v) is 8.74. The fourth-order valence-corrected chi connectivity index (χ4v) is 4.38. The van der Waals surface area contributed by atoms with E-state index in [1.807, 2.05) is 6.08 Å². The third-order valence-electron chi connectivity index (χ3n) is 6.10. The van der Waals surface area contributed by atoms with Crippen LogP contribution in [0.2, 0.25) is 0 Å². The molecule has 3 nitrogen and oxygen atoms in total. The summed E-state index contributed by atoms with van der Waals surface area (Å²) < 4.78 is 50.5. The number of benzene rings is 2. The van der Waals surface area contributed by atoms with Gasteiger partial charge >= 0.3 is 5.97 Å². The number of unbranched alkanes of at least 4 members (excludes halogenated alkanes) is 2. The molecule has 3 rings (SSSR count). The van der Waals surface area contributed by atoms with E-state index < -0.39 is 23.6 Å². The summed E-state index contributed by atoms with van der Waals surface area (Å²) in [5, 5.41) is 0. The molecule has 178 valence electrons. The van der Waals surface area contributed by atoms with E-state index >= 15 is 8.78 Å². The van der Waals surface area contributed by atoms with E-state index in [4.69, 9.17) is 10.5 Å². The molecule has 1 aliphatic carbocycles. The van der Waals surface area contributed by atoms with Gasteiger partial charge in [-0.3, -0.25) is 4.79 Å². The van der Waals surface area contributed by atoms with Crippen LogP contribution in [0.15, 0.2) is 30.9 Å². The first kappa shape index (κ1) is 25.0. The van der Waals surface area contributed by atoms with Crippen molar-refractivity contribution in [1.82, 2.24) is 0 Å². The Morgan fingerprint density at radius 3 is 2.58 bits per heavy atom. The summed E-state index contributed by atoms with van der Waals surface area (Å²) in [6.45, 7) is 7.26. The summed E-state index contributed by atoms with van der Waals surface area (Å²) in [5.41, 5.74) is 8.26. The van der Waals surface area contributed by atoms with E-state index in [0.29, 0.717) is 28.7 Å². The third kappa shape index (κ3) is 5.85. The lowest BCUT2D eigenvalue weighted by atomic mass is 9.87. The monoisotopic (exact) mass is 459 g/mol. The molecule has 0 radical (unpaired) electrons. The van der Waals surface area contributed by atoms with Gasteiger partial charge in [0.05, 0.1) is 13.0 Å². The lowest BCUT2D eigenvalue weighted by molar-refractivity contribution is -0.143. The van der Waals surface area contributed by atoms with E-state index in [9.17, 15) is 9.18 Å². The predicted octanol–water partition coefficient (Wildman–Crippen LogP) is 6.81. The minimum Gasteiger partial charge on any atom is -0.466 e. The first-order valence-electron chi connectivity index (χ1n) is 11.6. The molecule has 0 aliphatic heterocycles. The zero-order valence-electron chi connectivity index (χ0n) is 19.4. The van der Waals surface area contributed by atoms with Crippen LogP contribution in [0.4, 0.5) is 13.2 Å². The molecule has 0 aromatic heterocycles. The number of hydrogen-bond acceptors (Lipinski definition) is 3. The predicted molar refractivity (Wildman–Crippen MR) is 124 cm³/mol. The van der Waals surface area contributed by atoms with Crippen LogP contribution in [0.3, 0.4) is 0 Å². The van der Waals surface area contributed by atoms with Crippen molar-refractivity contribution in [2.45, 2.75) is 70.8 Å². The van der Waals surface area contributed by atoms with Crippen LogP contribution >= 0.6 is 0 Å². The van der Waals surface area contributed by atoms with Crippen LogP contribution in [0.25, 0.3) is 11.1 Å². The van der Waals surface area contributed by atoms with E-state index in [1.165, 1.54) is 12.1 Å². The molecule has 0 spiro atoms. The molecule has 1 fully saturated rings. The molecule has 0 unspecified atom stereocenters. The standard InChI is InChI=1S/C27H32F3NO2/c1-4-6-7-8-9-18-13-19(28)12-16(3)24(18)21-14-20(17-10-11-17)26(29)25(27(21)30)22(31)15-23(32)33-5-2/h4,12-14,17,22H,1,5-11,15,31H2,2-3H3/t22-/m0/s1. The van der Waals surface area contributed by atoms with Crippen molar-refractivity contribution in [2.24, 2.45) is 5.73 Å². The summed E-state index contributed by atoms with van der Waals surface area (Å²) in [7, 11) is 0. The van der Waals surface area contributed by atoms with Gasteiger partial charge in [-0.05, 0) is 98.7 Å². The molecule has 33 heavy (non-hydrogen) atoms. The van der Waals surface area contributed by atoms with Crippen molar-refractivity contribution in [3.05, 3.63) is 70.6 Å². The number of ether oxygens (including phenoxy) is 1. The second-order valence-electron chi connectivity index (χ2n) is 8.74. The molecule has 1 saturated carbocycles. The van der Waals surface area contributed by atoms with Crippen molar-refractivity contribution < 1.29 is 22.7 Å². The van der Waals surface area contributed by atoms with E-state index in [-0.39, 0.29) is 35.9 Å². The number of allylic oxidation sites excluding steroid dienone is 1. The highest BCUT2D eigenvalue weighted by molar-refractivity contribution is 5.75. The number of nitrogens with two attached hydrogens (primary N) is 1. The maximum Gasteiger partial charge on any atom is 0.307 e. The maximum absolute atomic E-state index is 15.9. The molecular weight excluding hydrogens is 427 g/mol. The molecule has 2 aromatic rings. The molecule has 0 heterocycles. The first-order chi connectivity index (χ1) is 15.8. The van der Waals surface area contributed by atoms with Crippen LogP contribution in [-0.2, 0) is 16.0 Å². The van der Waals surface area contributed by atoms with E-state index in [1.54, 1.807) is 19.9 Å². The zero-order valence-corrected chi connectivity index (χ0v) is 19.4. The summed E-state index contributed by atoms with van der Waals surface area (Å²) >= 11 is 0. The highest BCUT2D eigenvalue weighted by atomic mass is 19.1. The fraction of sp³-hybridized carbons (Fsp3) is 0.444. The Labute approximate surface area is 193 Å². The Kier molecular flexibility index (Phi) is 8.35. The summed E-state index contributed by atoms with van der Waals surface area (Å²) in [5.74, 6) is -2.49. The second kappa shape index (κ2) is 11.0. The Hall–Kier alpha value is -2.60. The molecule has 1 aliphatic rings. The van der Waals surface area contributed by atoms with Crippen molar-refractivity contribution in [3.63, 3.8) is 0 Å². The average Bonchev–Trinajstić information content (AvgIpc) is 3.57. The van der Waals surface area contributed by atoms with Crippen LogP contribution < -0.4 is 5.73 Å². The number of aryl methyl sites for hydroxylation is 2. The molecule has 1 atom stereocenters. The lowest BCUT2D eigenvalue weighted by Crippen LogP contribution is -2.21. The van der Waals surface area contributed by atoms with Crippen LogP contribution in [0.1, 0.15) is 79.7 Å². The van der Waals surface area contributed by atoms with Crippen molar-refractivity contribution in [3.8, 4) is 11.1 Å². The van der Waals surface area contributed by atoms with Crippen LogP contribution in [0.5, 0.6) is 0 Å². The number of hydrogen-bond donors (Lipinski definition) is 1. The smallest absolute Gasteiger partial charge is 0.307 e. The topological polar surface area (TPSA) is 52.3 Å². The maximum atomic E-state index is 15.9. The van der Waals surface area contributed by atoms with E-state index in [0.717, 1.165) is 32.1 Å². The highest BCUT2D eigenvalue weighted by Gasteiger charge is 2.33. The SMILES string of the molecule is C=CCCCCc1cc(F)cc(C)c1-c1cc(C2CC2)c(F)c([C@@H](N)CC(=O)OCC)c1F. The highest BCUT2D eigenvalue weighted by Crippen LogP contribution is 2.46. The normalized spacial score (nSPS) is 14.2. The van der Waals surface area contributed by atoms with Gasteiger partial charge < -0.3 is 10.5 Å². The number of rotatable bonds is 11. The van der Waals surface area contributed by atoms with Crippen molar-refractivity contribution in [2.75, 3.05) is 6.61 Å². The van der Waals surface area contributed by atoms with Gasteiger partial charge in [0.15, 0.2) is 0 Å². The summed E-state index contributed by atoms with van der Waals surface area (Å²) in [6.07, 6.45) is 6.19. The minimum atomic E-state index is -1.18. The Morgan fingerprint density at radius 2 is 1.94 bits per heavy atom. The molecule has 2 aromatic carbocycles. The molecule has 6 heteroatoms. The largest absolute Gasteiger partial charge is 0.466 e. The average molecular weight is 460 g/mol. The van der Waals surface area contributed by atoms with Crippen LogP contribution in [0, 0.1) is 24.4 Å². The number of carbonyl (C=O) groups excluding carboxylic acids is 1. The van der Waals surface area contributed by atoms with Crippen LogP contribution in [-0.4, -0.2) is 12.6 Å². The lowest BCUT2D eigenvalue weighted by Gasteiger charge is -2.21. The Balaban J connectivity index is 2.12. The quantitative estimate of drug-likeness (QED) is 0.228. The number of halogens is 3. The molecule has 0 amide bonds. The van der Waals surface area contributed by atoms with Gasteiger partial charge in [0, 0.05) is 17.2 Å². The van der Waals surface area contributed by atoms with Gasteiger partial charge in [-0.25, -0.2) is 13.2 Å². The van der Waals surface area contributed by atoms with Gasteiger partial charge in [-0.1, -0.05) is 6.08 Å². The number of esters is 1. The third-order valence-corrected chi connectivity index (χ3v) is 6.10. The number of carbonyl (C=O) groups is 1. The van der Waals surface area contributed by atoms with Gasteiger partial charge in [0.1, 0.15) is 17.5 Å². The van der Waals surface area contributed by atoms with Gasteiger partial charge in [-0.15, -0.1) is 6.58 Å². The van der Waals surface area contributed by atoms with Gasteiger partial charge in [0.25, 0.3) is 0 Å². The Morgan fingerprint density at radius 1 is 1.21 bits per heavy atom. The first-order valence-corrected chi connectivity index (χ1v) is 11.6. The fourth-order valence-electron chi connectivity index (χ4n) is 4.38. The molecule has 2 N–H and O–H groups in total. The summed E-state index contributed by atoms with van der Waals surface area (Å²) in [6, 6.07) is 3.16. The molecule has 0 saturated heterocycles. The van der Waals surface area contributed by atoms with E-state index in [2.05, 4.69) is 6.58 Å². The van der Waals surface area contributed by atoms with Crippen molar-refractivity contribution in [1.29, 1.82) is 0 Å². The molecule has 0 bridgehead atoms. The molecular formula is C27H32F3NO2. The Bertz CT molecular complexity index is 1030. The van der Waals surface area contributed by atoms with Gasteiger partial charge in [-0.2, -0.15) is 0 Å². The zero-order chi connectivity index (χ0) is 24.1.